The molecule has 0 saturated carbocycles. The summed E-state index contributed by atoms with van der Waals surface area (Å²) >= 11 is 3.12. The Morgan fingerprint density at radius 1 is 1.04 bits per heavy atom. The molecule has 0 N–H and O–H groups in total. The number of morpholine rings is 1. The second-order valence-electron chi connectivity index (χ2n) is 6.58. The third-order valence-electron chi connectivity index (χ3n) is 4.84. The molecule has 2 aromatic heterocycles. The van der Waals surface area contributed by atoms with Crippen molar-refractivity contribution in [1.29, 1.82) is 0 Å². The van der Waals surface area contributed by atoms with E-state index in [1.165, 1.54) is 11.3 Å². The number of ether oxygens (including phenoxy) is 1. The lowest BCUT2D eigenvalue weighted by atomic mass is 10.2. The Kier molecular flexibility index (Phi) is 5.82. The number of hydrogen-bond donors (Lipinski definition) is 0. The molecule has 0 spiro atoms. The Bertz CT molecular complexity index is 778. The van der Waals surface area contributed by atoms with Gasteiger partial charge in [0.25, 0.3) is 5.91 Å². The molecule has 0 atom stereocenters. The molecule has 0 radical (unpaired) electrons. The van der Waals surface area contributed by atoms with Gasteiger partial charge in [-0.15, -0.1) is 22.7 Å². The first-order valence-electron chi connectivity index (χ1n) is 9.07. The van der Waals surface area contributed by atoms with Gasteiger partial charge < -0.3 is 14.5 Å². The molecule has 27 heavy (non-hydrogen) atoms. The molecular weight excluding hydrogens is 384 g/mol. The fourth-order valence-corrected chi connectivity index (χ4v) is 4.86. The van der Waals surface area contributed by atoms with Crippen LogP contribution in [0.15, 0.2) is 22.9 Å². The van der Waals surface area contributed by atoms with Crippen LogP contribution in [0.2, 0.25) is 0 Å². The molecule has 144 valence electrons. The highest BCUT2D eigenvalue weighted by Gasteiger charge is 2.27. The molecule has 9 heteroatoms. The standard InChI is InChI=1S/C18H22N4O3S2/c23-16(12-20-7-9-25-10-8-20)21-3-5-22(6-4-21)18(24)14-13-27-17(19-14)15-2-1-11-26-15/h1-2,11,13H,3-10,12H2. The Hall–Kier alpha value is -1.81. The maximum Gasteiger partial charge on any atom is 0.273 e. The van der Waals surface area contributed by atoms with Gasteiger partial charge >= 0.3 is 0 Å². The summed E-state index contributed by atoms with van der Waals surface area (Å²) in [5, 5.41) is 4.71. The summed E-state index contributed by atoms with van der Waals surface area (Å²) in [6.07, 6.45) is 0. The highest BCUT2D eigenvalue weighted by atomic mass is 32.1. The molecule has 0 aromatic carbocycles. The van der Waals surface area contributed by atoms with Crippen LogP contribution in [0.3, 0.4) is 0 Å². The molecule has 2 amide bonds. The van der Waals surface area contributed by atoms with Crippen LogP contribution >= 0.6 is 22.7 Å². The van der Waals surface area contributed by atoms with Gasteiger partial charge in [0.2, 0.25) is 5.91 Å². The van der Waals surface area contributed by atoms with Crippen LogP contribution in [0.5, 0.6) is 0 Å². The number of rotatable bonds is 4. The van der Waals surface area contributed by atoms with Crippen LogP contribution in [0.1, 0.15) is 10.5 Å². The first-order chi connectivity index (χ1) is 13.2. The summed E-state index contributed by atoms with van der Waals surface area (Å²) in [5.74, 6) is 0.0898. The summed E-state index contributed by atoms with van der Waals surface area (Å²) in [6.45, 7) is 5.70. The van der Waals surface area contributed by atoms with Crippen molar-refractivity contribution in [2.45, 2.75) is 0 Å². The van der Waals surface area contributed by atoms with Gasteiger partial charge in [0.1, 0.15) is 10.7 Å². The SMILES string of the molecule is O=C(CN1CCOCC1)N1CCN(C(=O)c2csc(-c3cccs3)n2)CC1. The van der Waals surface area contributed by atoms with E-state index in [4.69, 9.17) is 4.74 Å². The Balaban J connectivity index is 1.29. The average molecular weight is 407 g/mol. The molecule has 4 heterocycles. The summed E-state index contributed by atoms with van der Waals surface area (Å²) < 4.78 is 5.32. The zero-order valence-corrected chi connectivity index (χ0v) is 16.6. The van der Waals surface area contributed by atoms with Crippen molar-refractivity contribution in [3.63, 3.8) is 0 Å². The normalized spacial score (nSPS) is 18.7. The molecule has 2 aliphatic rings. The van der Waals surface area contributed by atoms with E-state index in [0.29, 0.717) is 51.6 Å². The van der Waals surface area contributed by atoms with Crippen molar-refractivity contribution in [2.24, 2.45) is 0 Å². The van der Waals surface area contributed by atoms with Crippen molar-refractivity contribution in [3.05, 3.63) is 28.6 Å². The lowest BCUT2D eigenvalue weighted by Gasteiger charge is -2.36. The van der Waals surface area contributed by atoms with Gasteiger partial charge in [0.05, 0.1) is 24.6 Å². The van der Waals surface area contributed by atoms with Gasteiger partial charge in [-0.3, -0.25) is 14.5 Å². The summed E-state index contributed by atoms with van der Waals surface area (Å²) in [7, 11) is 0. The molecule has 0 aliphatic carbocycles. The molecule has 2 saturated heterocycles. The van der Waals surface area contributed by atoms with Crippen LogP contribution in [-0.2, 0) is 9.53 Å². The second kappa shape index (κ2) is 8.47. The van der Waals surface area contributed by atoms with E-state index in [1.54, 1.807) is 16.2 Å². The van der Waals surface area contributed by atoms with E-state index in [2.05, 4.69) is 9.88 Å². The average Bonchev–Trinajstić information content (AvgIpc) is 3.40. The third-order valence-corrected chi connectivity index (χ3v) is 6.72. The number of thiazole rings is 1. The maximum absolute atomic E-state index is 12.7. The fraction of sp³-hybridized carbons (Fsp3) is 0.500. The number of piperazine rings is 1. The minimum absolute atomic E-state index is 0.0469. The molecule has 2 aromatic rings. The molecule has 4 rings (SSSR count). The Morgan fingerprint density at radius 3 is 2.48 bits per heavy atom. The van der Waals surface area contributed by atoms with Gasteiger partial charge in [-0.25, -0.2) is 4.98 Å². The van der Waals surface area contributed by atoms with Gasteiger partial charge in [-0.1, -0.05) is 6.07 Å². The minimum atomic E-state index is -0.0469. The number of amides is 2. The first-order valence-corrected chi connectivity index (χ1v) is 10.8. The molecular formula is C18H22N4O3S2. The van der Waals surface area contributed by atoms with Crippen molar-refractivity contribution in [3.8, 4) is 9.88 Å². The lowest BCUT2D eigenvalue weighted by molar-refractivity contribution is -0.134. The topological polar surface area (TPSA) is 66.0 Å². The molecule has 0 unspecified atom stereocenters. The highest BCUT2D eigenvalue weighted by Crippen LogP contribution is 2.28. The predicted molar refractivity (Wildman–Crippen MR) is 105 cm³/mol. The Morgan fingerprint density at radius 2 is 1.78 bits per heavy atom. The van der Waals surface area contributed by atoms with Crippen molar-refractivity contribution >= 4 is 34.5 Å². The minimum Gasteiger partial charge on any atom is -0.379 e. The van der Waals surface area contributed by atoms with E-state index in [-0.39, 0.29) is 11.8 Å². The molecule has 7 nitrogen and oxygen atoms in total. The monoisotopic (exact) mass is 406 g/mol. The second-order valence-corrected chi connectivity index (χ2v) is 8.38. The highest BCUT2D eigenvalue weighted by molar-refractivity contribution is 7.20. The van der Waals surface area contributed by atoms with Crippen molar-refractivity contribution in [2.75, 3.05) is 59.0 Å². The van der Waals surface area contributed by atoms with Crippen LogP contribution in [0.4, 0.5) is 0 Å². The predicted octanol–water partition coefficient (Wildman–Crippen LogP) is 1.49. The molecule has 0 bridgehead atoms. The zero-order chi connectivity index (χ0) is 18.6. The molecule has 2 fully saturated rings. The summed E-state index contributed by atoms with van der Waals surface area (Å²) in [6, 6.07) is 3.99. The van der Waals surface area contributed by atoms with Gasteiger partial charge in [-0.2, -0.15) is 0 Å². The Labute approximate surface area is 166 Å². The van der Waals surface area contributed by atoms with E-state index >= 15 is 0 Å². The third kappa shape index (κ3) is 4.37. The van der Waals surface area contributed by atoms with E-state index in [1.807, 2.05) is 27.8 Å². The largest absolute Gasteiger partial charge is 0.379 e. The zero-order valence-electron chi connectivity index (χ0n) is 15.0. The van der Waals surface area contributed by atoms with Crippen LogP contribution in [0.25, 0.3) is 9.88 Å². The number of thiophene rings is 1. The van der Waals surface area contributed by atoms with Crippen LogP contribution in [-0.4, -0.2) is 90.5 Å². The smallest absolute Gasteiger partial charge is 0.273 e. The first kappa shape index (κ1) is 18.5. The fourth-order valence-electron chi connectivity index (χ4n) is 3.26. The van der Waals surface area contributed by atoms with Crippen molar-refractivity contribution < 1.29 is 14.3 Å². The number of nitrogens with zero attached hydrogens (tertiary/aromatic N) is 4. The molecule has 2 aliphatic heterocycles. The number of carbonyl (C=O) groups is 2. The van der Waals surface area contributed by atoms with E-state index < -0.39 is 0 Å². The van der Waals surface area contributed by atoms with E-state index in [9.17, 15) is 9.59 Å². The van der Waals surface area contributed by atoms with Gasteiger partial charge in [-0.05, 0) is 11.4 Å². The van der Waals surface area contributed by atoms with Gasteiger partial charge in [0.15, 0.2) is 0 Å². The van der Waals surface area contributed by atoms with Crippen molar-refractivity contribution in [1.82, 2.24) is 19.7 Å². The van der Waals surface area contributed by atoms with E-state index in [0.717, 1.165) is 23.0 Å². The number of carbonyl (C=O) groups excluding carboxylic acids is 2. The number of aromatic nitrogens is 1. The number of hydrogen-bond acceptors (Lipinski definition) is 7. The summed E-state index contributed by atoms with van der Waals surface area (Å²) in [4.78, 5) is 36.6. The quantitative estimate of drug-likeness (QED) is 0.770. The maximum atomic E-state index is 12.7. The lowest BCUT2D eigenvalue weighted by Crippen LogP contribution is -2.53. The van der Waals surface area contributed by atoms with Gasteiger partial charge in [0, 0.05) is 44.6 Å². The summed E-state index contributed by atoms with van der Waals surface area (Å²) in [5.41, 5.74) is 0.497. The van der Waals surface area contributed by atoms with Crippen LogP contribution < -0.4 is 0 Å². The van der Waals surface area contributed by atoms with Crippen LogP contribution in [0, 0.1) is 0 Å².